The first-order valence-electron chi connectivity index (χ1n) is 6.91. The van der Waals surface area contributed by atoms with E-state index in [4.69, 9.17) is 0 Å². The van der Waals surface area contributed by atoms with Crippen LogP contribution in [0.2, 0.25) is 0 Å². The summed E-state index contributed by atoms with van der Waals surface area (Å²) in [4.78, 5) is 14.3. The standard InChI is InChI=1S/C14H28N2O/c1-10(2)7-15-14(17)13(5)16-8-11(3)6-12(4)9-16/h10-13H,6-9H2,1-5H3,(H,15,17)/t11-,12-,13-/m0/s1. The minimum Gasteiger partial charge on any atom is -0.354 e. The molecule has 0 aromatic rings. The molecule has 1 rings (SSSR count). The lowest BCUT2D eigenvalue weighted by molar-refractivity contribution is -0.127. The van der Waals surface area contributed by atoms with E-state index < -0.39 is 0 Å². The first-order chi connectivity index (χ1) is 7.90. The zero-order valence-electron chi connectivity index (χ0n) is 12.0. The van der Waals surface area contributed by atoms with Gasteiger partial charge in [-0.1, -0.05) is 27.7 Å². The third-order valence-electron chi connectivity index (χ3n) is 3.51. The molecule has 0 bridgehead atoms. The van der Waals surface area contributed by atoms with Gasteiger partial charge in [0.05, 0.1) is 6.04 Å². The summed E-state index contributed by atoms with van der Waals surface area (Å²) >= 11 is 0. The van der Waals surface area contributed by atoms with Crippen molar-refractivity contribution in [3.8, 4) is 0 Å². The van der Waals surface area contributed by atoms with Gasteiger partial charge in [0.15, 0.2) is 0 Å². The van der Waals surface area contributed by atoms with Crippen molar-refractivity contribution in [2.45, 2.75) is 47.1 Å². The van der Waals surface area contributed by atoms with Crippen molar-refractivity contribution in [1.82, 2.24) is 10.2 Å². The Morgan fingerprint density at radius 1 is 1.24 bits per heavy atom. The molecule has 0 saturated carbocycles. The van der Waals surface area contributed by atoms with Crippen molar-refractivity contribution in [2.24, 2.45) is 17.8 Å². The zero-order chi connectivity index (χ0) is 13.0. The van der Waals surface area contributed by atoms with Crippen LogP contribution >= 0.6 is 0 Å². The molecule has 3 nitrogen and oxygen atoms in total. The average Bonchev–Trinajstić information content (AvgIpc) is 2.23. The molecule has 1 heterocycles. The number of carbonyl (C=O) groups is 1. The number of carbonyl (C=O) groups excluding carboxylic acids is 1. The molecule has 1 saturated heterocycles. The Hall–Kier alpha value is -0.570. The van der Waals surface area contributed by atoms with Crippen LogP contribution in [0.25, 0.3) is 0 Å². The molecule has 1 amide bonds. The highest BCUT2D eigenvalue weighted by Crippen LogP contribution is 2.22. The Labute approximate surface area is 106 Å². The van der Waals surface area contributed by atoms with E-state index >= 15 is 0 Å². The number of amides is 1. The first-order valence-corrected chi connectivity index (χ1v) is 6.91. The summed E-state index contributed by atoms with van der Waals surface area (Å²) in [5.41, 5.74) is 0. The van der Waals surface area contributed by atoms with Crippen LogP contribution in [0.4, 0.5) is 0 Å². The van der Waals surface area contributed by atoms with Gasteiger partial charge in [-0.2, -0.15) is 0 Å². The number of hydrogen-bond donors (Lipinski definition) is 1. The second-order valence-corrected chi connectivity index (χ2v) is 6.21. The van der Waals surface area contributed by atoms with Crippen LogP contribution in [0, 0.1) is 17.8 Å². The maximum atomic E-state index is 12.0. The molecule has 0 aliphatic carbocycles. The van der Waals surface area contributed by atoms with Gasteiger partial charge in [0.2, 0.25) is 5.91 Å². The van der Waals surface area contributed by atoms with Crippen LogP contribution in [0.1, 0.15) is 41.0 Å². The topological polar surface area (TPSA) is 32.3 Å². The van der Waals surface area contributed by atoms with Crippen molar-refractivity contribution in [1.29, 1.82) is 0 Å². The van der Waals surface area contributed by atoms with Crippen molar-refractivity contribution >= 4 is 5.91 Å². The van der Waals surface area contributed by atoms with Crippen LogP contribution < -0.4 is 5.32 Å². The molecule has 1 N–H and O–H groups in total. The summed E-state index contributed by atoms with van der Waals surface area (Å²) < 4.78 is 0. The largest absolute Gasteiger partial charge is 0.354 e. The van der Waals surface area contributed by atoms with Crippen LogP contribution in [-0.4, -0.2) is 36.5 Å². The lowest BCUT2D eigenvalue weighted by atomic mass is 9.91. The van der Waals surface area contributed by atoms with Crippen LogP contribution in [-0.2, 0) is 4.79 Å². The van der Waals surface area contributed by atoms with E-state index in [9.17, 15) is 4.79 Å². The summed E-state index contributed by atoms with van der Waals surface area (Å²) in [7, 11) is 0. The number of nitrogens with one attached hydrogen (secondary N) is 1. The highest BCUT2D eigenvalue weighted by atomic mass is 16.2. The number of hydrogen-bond acceptors (Lipinski definition) is 2. The van der Waals surface area contributed by atoms with Gasteiger partial charge in [-0.25, -0.2) is 0 Å². The van der Waals surface area contributed by atoms with Gasteiger partial charge in [0.25, 0.3) is 0 Å². The minimum atomic E-state index is 0.0129. The molecule has 100 valence electrons. The summed E-state index contributed by atoms with van der Waals surface area (Å²) in [6.07, 6.45) is 1.29. The number of nitrogens with zero attached hydrogens (tertiary/aromatic N) is 1. The molecular formula is C14H28N2O. The second-order valence-electron chi connectivity index (χ2n) is 6.21. The van der Waals surface area contributed by atoms with Crippen LogP contribution in [0.5, 0.6) is 0 Å². The molecule has 0 unspecified atom stereocenters. The Morgan fingerprint density at radius 2 is 1.76 bits per heavy atom. The van der Waals surface area contributed by atoms with E-state index in [0.29, 0.717) is 17.8 Å². The molecule has 0 aromatic carbocycles. The predicted octanol–water partition coefficient (Wildman–Crippen LogP) is 2.12. The highest BCUT2D eigenvalue weighted by Gasteiger charge is 2.28. The van der Waals surface area contributed by atoms with E-state index in [1.807, 2.05) is 6.92 Å². The Kier molecular flexibility index (Phi) is 5.44. The van der Waals surface area contributed by atoms with E-state index in [-0.39, 0.29) is 11.9 Å². The van der Waals surface area contributed by atoms with Crippen LogP contribution in [0.3, 0.4) is 0 Å². The van der Waals surface area contributed by atoms with Gasteiger partial charge in [-0.05, 0) is 31.1 Å². The third-order valence-corrected chi connectivity index (χ3v) is 3.51. The monoisotopic (exact) mass is 240 g/mol. The summed E-state index contributed by atoms with van der Waals surface area (Å²) in [5, 5.41) is 3.03. The molecule has 0 spiro atoms. The maximum Gasteiger partial charge on any atom is 0.237 e. The second kappa shape index (κ2) is 6.39. The fourth-order valence-electron chi connectivity index (χ4n) is 2.65. The molecule has 3 atom stereocenters. The highest BCUT2D eigenvalue weighted by molar-refractivity contribution is 5.81. The van der Waals surface area contributed by atoms with E-state index in [0.717, 1.165) is 19.6 Å². The molecule has 1 aliphatic rings. The van der Waals surface area contributed by atoms with E-state index in [1.54, 1.807) is 0 Å². The van der Waals surface area contributed by atoms with E-state index in [1.165, 1.54) is 6.42 Å². The van der Waals surface area contributed by atoms with Gasteiger partial charge in [0.1, 0.15) is 0 Å². The smallest absolute Gasteiger partial charge is 0.237 e. The minimum absolute atomic E-state index is 0.0129. The van der Waals surface area contributed by atoms with Gasteiger partial charge >= 0.3 is 0 Å². The van der Waals surface area contributed by atoms with Gasteiger partial charge in [0, 0.05) is 19.6 Å². The summed E-state index contributed by atoms with van der Waals surface area (Å²) in [5.74, 6) is 2.11. The third kappa shape index (κ3) is 4.66. The van der Waals surface area contributed by atoms with E-state index in [2.05, 4.69) is 37.9 Å². The average molecular weight is 240 g/mol. The molecule has 0 radical (unpaired) electrons. The van der Waals surface area contributed by atoms with Crippen molar-refractivity contribution < 1.29 is 4.79 Å². The Balaban J connectivity index is 2.45. The fraction of sp³-hybridized carbons (Fsp3) is 0.929. The van der Waals surface area contributed by atoms with Crippen LogP contribution in [0.15, 0.2) is 0 Å². The predicted molar refractivity (Wildman–Crippen MR) is 71.8 cm³/mol. The summed E-state index contributed by atoms with van der Waals surface area (Å²) in [6.45, 7) is 13.7. The SMILES string of the molecule is CC(C)CNC(=O)[C@H](C)N1C[C@@H](C)C[C@H](C)C1. The van der Waals surface area contributed by atoms with Crippen molar-refractivity contribution in [2.75, 3.05) is 19.6 Å². The Bertz CT molecular complexity index is 243. The normalized spacial score (nSPS) is 28.1. The van der Waals surface area contributed by atoms with Crippen molar-refractivity contribution in [3.63, 3.8) is 0 Å². The molecular weight excluding hydrogens is 212 g/mol. The molecule has 1 fully saturated rings. The number of piperidine rings is 1. The lowest BCUT2D eigenvalue weighted by Gasteiger charge is -2.38. The van der Waals surface area contributed by atoms with Gasteiger partial charge in [-0.15, -0.1) is 0 Å². The maximum absolute atomic E-state index is 12.0. The number of likely N-dealkylation sites (tertiary alicyclic amines) is 1. The summed E-state index contributed by atoms with van der Waals surface area (Å²) in [6, 6.07) is 0.0129. The quantitative estimate of drug-likeness (QED) is 0.816. The molecule has 17 heavy (non-hydrogen) atoms. The lowest BCUT2D eigenvalue weighted by Crippen LogP contribution is -2.51. The fourth-order valence-corrected chi connectivity index (χ4v) is 2.65. The Morgan fingerprint density at radius 3 is 2.24 bits per heavy atom. The number of rotatable bonds is 4. The van der Waals surface area contributed by atoms with Crippen molar-refractivity contribution in [3.05, 3.63) is 0 Å². The van der Waals surface area contributed by atoms with Gasteiger partial charge < -0.3 is 5.32 Å². The first kappa shape index (κ1) is 14.5. The molecule has 0 aromatic heterocycles. The van der Waals surface area contributed by atoms with Gasteiger partial charge in [-0.3, -0.25) is 9.69 Å². The zero-order valence-corrected chi connectivity index (χ0v) is 12.0. The molecule has 1 aliphatic heterocycles. The molecule has 3 heteroatoms.